The van der Waals surface area contributed by atoms with Crippen LogP contribution < -0.4 is 15.0 Å². The van der Waals surface area contributed by atoms with E-state index in [4.69, 9.17) is 9.72 Å². The normalized spacial score (nSPS) is 10.9. The van der Waals surface area contributed by atoms with Crippen LogP contribution in [0.15, 0.2) is 66.9 Å². The summed E-state index contributed by atoms with van der Waals surface area (Å²) in [6.45, 7) is 2.08. The van der Waals surface area contributed by atoms with Crippen LogP contribution in [-0.2, 0) is 0 Å². The molecule has 0 fully saturated rings. The molecule has 0 atom stereocenters. The molecule has 4 aromatic rings. The highest BCUT2D eigenvalue weighted by molar-refractivity contribution is 5.80. The van der Waals surface area contributed by atoms with Crippen molar-refractivity contribution < 1.29 is 4.74 Å². The Kier molecular flexibility index (Phi) is 4.65. The molecular weight excluding hydrogens is 348 g/mol. The molecule has 142 valence electrons. The van der Waals surface area contributed by atoms with Gasteiger partial charge in [0.1, 0.15) is 22.9 Å². The maximum Gasteiger partial charge on any atom is 0.143 e. The van der Waals surface area contributed by atoms with Gasteiger partial charge in [-0.1, -0.05) is 24.3 Å². The average molecular weight is 372 g/mol. The number of ether oxygens (including phenoxy) is 1. The van der Waals surface area contributed by atoms with Crippen molar-refractivity contribution in [2.45, 2.75) is 6.92 Å². The van der Waals surface area contributed by atoms with Crippen LogP contribution in [0.5, 0.6) is 5.75 Å². The quantitative estimate of drug-likeness (QED) is 0.527. The first-order valence-corrected chi connectivity index (χ1v) is 9.23. The van der Waals surface area contributed by atoms with E-state index in [-0.39, 0.29) is 0 Å². The number of nitrogens with one attached hydrogen (secondary N) is 1. The number of aryl methyl sites for hydroxylation is 1. The minimum absolute atomic E-state index is 0.812. The van der Waals surface area contributed by atoms with Gasteiger partial charge in [-0.05, 0) is 42.8 Å². The lowest BCUT2D eigenvalue weighted by atomic mass is 10.1. The molecule has 4 rings (SSSR count). The highest BCUT2D eigenvalue weighted by Crippen LogP contribution is 2.33. The van der Waals surface area contributed by atoms with Gasteiger partial charge < -0.3 is 15.0 Å². The van der Waals surface area contributed by atoms with Crippen LogP contribution in [0.2, 0.25) is 0 Å². The Hall–Kier alpha value is -3.47. The number of rotatable bonds is 5. The Morgan fingerprint density at radius 2 is 1.79 bits per heavy atom. The van der Waals surface area contributed by atoms with Crippen molar-refractivity contribution in [3.8, 4) is 17.0 Å². The average Bonchev–Trinajstić information content (AvgIpc) is 3.06. The number of fused-ring (bicyclic) bond motifs is 1. The number of anilines is 3. The SMILES string of the molecule is COc1cccc(Nc2c(-c3ccc(N(C)C)cc3)nc3ccc(C)cn23)c1. The fourth-order valence-electron chi connectivity index (χ4n) is 3.23. The summed E-state index contributed by atoms with van der Waals surface area (Å²) in [4.78, 5) is 6.98. The van der Waals surface area contributed by atoms with E-state index in [0.29, 0.717) is 0 Å². The third-order valence-electron chi connectivity index (χ3n) is 4.76. The summed E-state index contributed by atoms with van der Waals surface area (Å²) in [6.07, 6.45) is 2.10. The molecule has 2 aromatic heterocycles. The van der Waals surface area contributed by atoms with Gasteiger partial charge in [0.25, 0.3) is 0 Å². The number of hydrogen-bond donors (Lipinski definition) is 1. The molecule has 0 saturated heterocycles. The van der Waals surface area contributed by atoms with E-state index in [1.807, 2.05) is 44.4 Å². The van der Waals surface area contributed by atoms with Crippen LogP contribution in [0.1, 0.15) is 5.56 Å². The van der Waals surface area contributed by atoms with Gasteiger partial charge in [0.05, 0.1) is 7.11 Å². The summed E-state index contributed by atoms with van der Waals surface area (Å²) in [7, 11) is 5.76. The van der Waals surface area contributed by atoms with E-state index in [0.717, 1.165) is 39.8 Å². The second kappa shape index (κ2) is 7.27. The third kappa shape index (κ3) is 3.39. The molecule has 0 amide bonds. The molecule has 0 radical (unpaired) electrons. The number of pyridine rings is 1. The predicted octanol–water partition coefficient (Wildman–Crippen LogP) is 5.13. The van der Waals surface area contributed by atoms with Crippen molar-refractivity contribution in [1.82, 2.24) is 9.38 Å². The molecule has 2 heterocycles. The molecule has 0 aliphatic carbocycles. The van der Waals surface area contributed by atoms with E-state index >= 15 is 0 Å². The Morgan fingerprint density at radius 1 is 1.00 bits per heavy atom. The van der Waals surface area contributed by atoms with Gasteiger partial charge >= 0.3 is 0 Å². The second-order valence-corrected chi connectivity index (χ2v) is 7.04. The maximum absolute atomic E-state index is 5.36. The smallest absolute Gasteiger partial charge is 0.143 e. The lowest BCUT2D eigenvalue weighted by Gasteiger charge is -2.13. The maximum atomic E-state index is 5.36. The second-order valence-electron chi connectivity index (χ2n) is 7.04. The van der Waals surface area contributed by atoms with Gasteiger partial charge in [-0.3, -0.25) is 4.40 Å². The topological polar surface area (TPSA) is 41.8 Å². The predicted molar refractivity (Wildman–Crippen MR) is 116 cm³/mol. The molecule has 5 heteroatoms. The van der Waals surface area contributed by atoms with E-state index in [2.05, 4.69) is 58.1 Å². The number of hydrogen-bond acceptors (Lipinski definition) is 4. The minimum atomic E-state index is 0.812. The van der Waals surface area contributed by atoms with E-state index in [1.165, 1.54) is 5.56 Å². The molecule has 1 N–H and O–H groups in total. The molecule has 0 saturated carbocycles. The zero-order valence-electron chi connectivity index (χ0n) is 16.6. The zero-order valence-corrected chi connectivity index (χ0v) is 16.6. The van der Waals surface area contributed by atoms with Crippen molar-refractivity contribution in [2.75, 3.05) is 31.4 Å². The summed E-state index contributed by atoms with van der Waals surface area (Å²) in [5.41, 5.74) is 6.17. The van der Waals surface area contributed by atoms with Gasteiger partial charge in [-0.2, -0.15) is 0 Å². The molecule has 5 nitrogen and oxygen atoms in total. The monoisotopic (exact) mass is 372 g/mol. The van der Waals surface area contributed by atoms with Crippen LogP contribution in [0.3, 0.4) is 0 Å². The summed E-state index contributed by atoms with van der Waals surface area (Å²) in [6, 6.07) is 20.5. The molecule has 0 aliphatic rings. The van der Waals surface area contributed by atoms with Gasteiger partial charge in [-0.25, -0.2) is 4.98 Å². The number of imidazole rings is 1. The molecule has 28 heavy (non-hydrogen) atoms. The fraction of sp³-hybridized carbons (Fsp3) is 0.174. The van der Waals surface area contributed by atoms with Crippen LogP contribution in [0.4, 0.5) is 17.2 Å². The van der Waals surface area contributed by atoms with E-state index in [9.17, 15) is 0 Å². The minimum Gasteiger partial charge on any atom is -0.497 e. The number of nitrogens with zero attached hydrogens (tertiary/aromatic N) is 3. The third-order valence-corrected chi connectivity index (χ3v) is 4.76. The van der Waals surface area contributed by atoms with Crippen molar-refractivity contribution >= 4 is 22.8 Å². The Labute approximate surface area is 165 Å². The lowest BCUT2D eigenvalue weighted by molar-refractivity contribution is 0.415. The van der Waals surface area contributed by atoms with Crippen LogP contribution >= 0.6 is 0 Å². The molecule has 0 aliphatic heterocycles. The van der Waals surface area contributed by atoms with Gasteiger partial charge in [0.15, 0.2) is 0 Å². The number of methoxy groups -OCH3 is 1. The van der Waals surface area contributed by atoms with Crippen LogP contribution in [0, 0.1) is 6.92 Å². The molecular formula is C23H24N4O. The van der Waals surface area contributed by atoms with Gasteiger partial charge in [0.2, 0.25) is 0 Å². The largest absolute Gasteiger partial charge is 0.497 e. The van der Waals surface area contributed by atoms with Crippen molar-refractivity contribution in [2.24, 2.45) is 0 Å². The fourth-order valence-corrected chi connectivity index (χ4v) is 3.23. The van der Waals surface area contributed by atoms with Gasteiger partial charge in [0, 0.05) is 43.3 Å². The Balaban J connectivity index is 1.84. The zero-order chi connectivity index (χ0) is 19.7. The first-order chi connectivity index (χ1) is 13.5. The standard InChI is InChI=1S/C23H24N4O/c1-16-8-13-21-25-22(17-9-11-19(12-10-17)26(2)3)23(27(21)15-16)24-18-6-5-7-20(14-18)28-4/h5-15,24H,1-4H3. The molecule has 0 bridgehead atoms. The van der Waals surface area contributed by atoms with Gasteiger partial charge in [-0.15, -0.1) is 0 Å². The van der Waals surface area contributed by atoms with Crippen molar-refractivity contribution in [3.05, 3.63) is 72.4 Å². The molecule has 0 spiro atoms. The summed E-state index contributed by atoms with van der Waals surface area (Å²) in [5, 5.41) is 3.54. The van der Waals surface area contributed by atoms with Crippen LogP contribution in [-0.4, -0.2) is 30.6 Å². The summed E-state index contributed by atoms with van der Waals surface area (Å²) >= 11 is 0. The highest BCUT2D eigenvalue weighted by atomic mass is 16.5. The van der Waals surface area contributed by atoms with E-state index in [1.54, 1.807) is 7.11 Å². The summed E-state index contributed by atoms with van der Waals surface area (Å²) in [5.74, 6) is 1.75. The first-order valence-electron chi connectivity index (χ1n) is 9.23. The van der Waals surface area contributed by atoms with E-state index < -0.39 is 0 Å². The van der Waals surface area contributed by atoms with Crippen LogP contribution in [0.25, 0.3) is 16.9 Å². The van der Waals surface area contributed by atoms with Crippen molar-refractivity contribution in [1.29, 1.82) is 0 Å². The summed E-state index contributed by atoms with van der Waals surface area (Å²) < 4.78 is 7.47. The van der Waals surface area contributed by atoms with Crippen molar-refractivity contribution in [3.63, 3.8) is 0 Å². The Morgan fingerprint density at radius 3 is 2.50 bits per heavy atom. The lowest BCUT2D eigenvalue weighted by Crippen LogP contribution is -2.07. The highest BCUT2D eigenvalue weighted by Gasteiger charge is 2.15. The number of benzene rings is 2. The number of aromatic nitrogens is 2. The molecule has 2 aromatic carbocycles. The molecule has 0 unspecified atom stereocenters. The first kappa shape index (κ1) is 17.9. The Bertz CT molecular complexity index is 1110.